The van der Waals surface area contributed by atoms with E-state index in [0.717, 1.165) is 13.0 Å². The van der Waals surface area contributed by atoms with Gasteiger partial charge in [-0.25, -0.2) is 0 Å². The Hall–Kier alpha value is -1.57. The molecule has 0 fully saturated rings. The topological polar surface area (TPSA) is 80.5 Å². The molecule has 0 aromatic carbocycles. The van der Waals surface area contributed by atoms with E-state index in [2.05, 4.69) is 17.1 Å². The lowest BCUT2D eigenvalue weighted by atomic mass is 10.1. The molecule has 0 aliphatic rings. The molecule has 1 aromatic rings. The fraction of sp³-hybridized carbons (Fsp3) is 0.727. The van der Waals surface area contributed by atoms with Crippen LogP contribution in [0.3, 0.4) is 0 Å². The number of aromatic nitrogens is 3. The van der Waals surface area contributed by atoms with Gasteiger partial charge in [-0.05, 0) is 6.42 Å². The van der Waals surface area contributed by atoms with Crippen molar-refractivity contribution in [2.75, 3.05) is 5.73 Å². The number of nitriles is 1. The highest BCUT2D eigenvalue weighted by molar-refractivity contribution is 5.41. The van der Waals surface area contributed by atoms with Gasteiger partial charge in [-0.1, -0.05) is 39.0 Å². The Morgan fingerprint density at radius 1 is 1.19 bits per heavy atom. The molecule has 0 saturated carbocycles. The summed E-state index contributed by atoms with van der Waals surface area (Å²) in [6.07, 6.45) is 7.37. The van der Waals surface area contributed by atoms with Crippen LogP contribution in [0.2, 0.25) is 0 Å². The number of nitrogen functional groups attached to an aromatic ring is 1. The summed E-state index contributed by atoms with van der Waals surface area (Å²) in [6, 6.07) is 1.91. The van der Waals surface area contributed by atoms with Crippen molar-refractivity contribution < 1.29 is 0 Å². The van der Waals surface area contributed by atoms with Crippen molar-refractivity contribution in [3.63, 3.8) is 0 Å². The lowest BCUT2D eigenvalue weighted by molar-refractivity contribution is 0.484. The molecule has 0 unspecified atom stereocenters. The van der Waals surface area contributed by atoms with Gasteiger partial charge in [0.15, 0.2) is 5.82 Å². The van der Waals surface area contributed by atoms with E-state index in [-0.39, 0.29) is 11.5 Å². The number of nitrogens with zero attached hydrogens (tertiary/aromatic N) is 4. The second-order valence-electron chi connectivity index (χ2n) is 3.91. The van der Waals surface area contributed by atoms with Crippen molar-refractivity contribution in [2.45, 2.75) is 52.0 Å². The zero-order chi connectivity index (χ0) is 11.8. The van der Waals surface area contributed by atoms with Crippen molar-refractivity contribution in [1.29, 1.82) is 5.26 Å². The highest BCUT2D eigenvalue weighted by Gasteiger charge is 2.05. The van der Waals surface area contributed by atoms with Crippen LogP contribution in [0.25, 0.3) is 0 Å². The molecule has 16 heavy (non-hydrogen) atoms. The van der Waals surface area contributed by atoms with Gasteiger partial charge in [-0.2, -0.15) is 10.1 Å². The molecule has 88 valence electrons. The van der Waals surface area contributed by atoms with Gasteiger partial charge >= 0.3 is 0 Å². The molecule has 1 aromatic heterocycles. The SMILES string of the molecule is CCCCCCCCn1nc(N)c(C#N)n1. The highest BCUT2D eigenvalue weighted by Crippen LogP contribution is 2.07. The maximum Gasteiger partial charge on any atom is 0.206 e. The van der Waals surface area contributed by atoms with Gasteiger partial charge < -0.3 is 5.73 Å². The summed E-state index contributed by atoms with van der Waals surface area (Å²) in [4.78, 5) is 1.52. The van der Waals surface area contributed by atoms with E-state index in [1.165, 1.54) is 36.9 Å². The van der Waals surface area contributed by atoms with Crippen molar-refractivity contribution in [3.05, 3.63) is 5.69 Å². The molecule has 0 amide bonds. The third-order valence-electron chi connectivity index (χ3n) is 2.50. The van der Waals surface area contributed by atoms with E-state index in [4.69, 9.17) is 11.0 Å². The average molecular weight is 221 g/mol. The van der Waals surface area contributed by atoms with Gasteiger partial charge in [0.25, 0.3) is 0 Å². The number of nitrogens with two attached hydrogens (primary N) is 1. The molecular weight excluding hydrogens is 202 g/mol. The molecule has 1 rings (SSSR count). The molecule has 2 N–H and O–H groups in total. The lowest BCUT2D eigenvalue weighted by Gasteiger charge is -2.00. The van der Waals surface area contributed by atoms with Gasteiger partial charge in [0.1, 0.15) is 6.07 Å². The van der Waals surface area contributed by atoms with Gasteiger partial charge in [0.2, 0.25) is 5.69 Å². The first-order valence-corrected chi connectivity index (χ1v) is 5.88. The Balaban J connectivity index is 2.20. The summed E-state index contributed by atoms with van der Waals surface area (Å²) in [5.74, 6) is 0.230. The van der Waals surface area contributed by atoms with Crippen molar-refractivity contribution >= 4 is 5.82 Å². The molecule has 1 heterocycles. The van der Waals surface area contributed by atoms with Crippen molar-refractivity contribution in [3.8, 4) is 6.07 Å². The van der Waals surface area contributed by atoms with E-state index in [0.29, 0.717) is 0 Å². The molecule has 0 saturated heterocycles. The number of hydrogen-bond donors (Lipinski definition) is 1. The molecule has 5 nitrogen and oxygen atoms in total. The highest BCUT2D eigenvalue weighted by atomic mass is 15.5. The minimum absolute atomic E-state index is 0.228. The maximum absolute atomic E-state index is 8.65. The Kier molecular flexibility index (Phi) is 5.34. The van der Waals surface area contributed by atoms with Crippen LogP contribution < -0.4 is 5.73 Å². The first-order chi connectivity index (χ1) is 7.77. The van der Waals surface area contributed by atoms with Gasteiger partial charge in [-0.3, -0.25) is 0 Å². The third kappa shape index (κ3) is 3.89. The van der Waals surface area contributed by atoms with E-state index in [1.807, 2.05) is 6.07 Å². The maximum atomic E-state index is 8.65. The molecule has 0 spiro atoms. The van der Waals surface area contributed by atoms with Crippen LogP contribution in [-0.2, 0) is 6.54 Å². The first-order valence-electron chi connectivity index (χ1n) is 5.88. The fourth-order valence-electron chi connectivity index (χ4n) is 1.57. The predicted molar refractivity (Wildman–Crippen MR) is 62.5 cm³/mol. The second-order valence-corrected chi connectivity index (χ2v) is 3.91. The predicted octanol–water partition coefficient (Wildman–Crippen LogP) is 2.09. The van der Waals surface area contributed by atoms with Crippen LogP contribution in [0.1, 0.15) is 51.1 Å². The van der Waals surface area contributed by atoms with Crippen LogP contribution in [0.4, 0.5) is 5.82 Å². The minimum atomic E-state index is 0.228. The van der Waals surface area contributed by atoms with Crippen LogP contribution >= 0.6 is 0 Å². The summed E-state index contributed by atoms with van der Waals surface area (Å²) in [5.41, 5.74) is 5.73. The zero-order valence-electron chi connectivity index (χ0n) is 9.82. The van der Waals surface area contributed by atoms with E-state index in [9.17, 15) is 0 Å². The molecular formula is C11H19N5. The number of unbranched alkanes of at least 4 members (excludes halogenated alkanes) is 5. The van der Waals surface area contributed by atoms with Gasteiger partial charge in [0.05, 0.1) is 6.54 Å². The van der Waals surface area contributed by atoms with Crippen LogP contribution in [0.5, 0.6) is 0 Å². The molecule has 0 radical (unpaired) electrons. The van der Waals surface area contributed by atoms with Crippen LogP contribution in [0.15, 0.2) is 0 Å². The first kappa shape index (κ1) is 12.5. The quantitative estimate of drug-likeness (QED) is 0.715. The molecule has 0 atom stereocenters. The summed E-state index contributed by atoms with van der Waals surface area (Å²) >= 11 is 0. The molecule has 5 heteroatoms. The van der Waals surface area contributed by atoms with E-state index < -0.39 is 0 Å². The zero-order valence-corrected chi connectivity index (χ0v) is 9.82. The number of rotatable bonds is 7. The molecule has 0 aliphatic heterocycles. The monoisotopic (exact) mass is 221 g/mol. The fourth-order valence-corrected chi connectivity index (χ4v) is 1.57. The Labute approximate surface area is 96.2 Å². The summed E-state index contributed by atoms with van der Waals surface area (Å²) in [6.45, 7) is 2.96. The van der Waals surface area contributed by atoms with Crippen LogP contribution in [-0.4, -0.2) is 15.0 Å². The Morgan fingerprint density at radius 2 is 1.88 bits per heavy atom. The van der Waals surface area contributed by atoms with Gasteiger partial charge in [0, 0.05) is 0 Å². The normalized spacial score (nSPS) is 10.2. The summed E-state index contributed by atoms with van der Waals surface area (Å²) in [7, 11) is 0. The Morgan fingerprint density at radius 3 is 2.50 bits per heavy atom. The number of anilines is 1. The number of aryl methyl sites for hydroxylation is 1. The Bertz CT molecular complexity index is 350. The lowest BCUT2D eigenvalue weighted by Crippen LogP contribution is -2.02. The second kappa shape index (κ2) is 6.83. The van der Waals surface area contributed by atoms with Gasteiger partial charge in [-0.15, -0.1) is 10.2 Å². The summed E-state index contributed by atoms with van der Waals surface area (Å²) < 4.78 is 0. The number of hydrogen-bond acceptors (Lipinski definition) is 4. The minimum Gasteiger partial charge on any atom is -0.380 e. The van der Waals surface area contributed by atoms with E-state index in [1.54, 1.807) is 0 Å². The third-order valence-corrected chi connectivity index (χ3v) is 2.50. The van der Waals surface area contributed by atoms with Crippen LogP contribution in [0, 0.1) is 11.3 Å². The molecule has 0 bridgehead atoms. The molecule has 0 aliphatic carbocycles. The van der Waals surface area contributed by atoms with E-state index >= 15 is 0 Å². The van der Waals surface area contributed by atoms with Crippen molar-refractivity contribution in [2.24, 2.45) is 0 Å². The summed E-state index contributed by atoms with van der Waals surface area (Å²) in [5, 5.41) is 16.6. The smallest absolute Gasteiger partial charge is 0.206 e. The standard InChI is InChI=1S/C11H19N5/c1-2-3-4-5-6-7-8-16-14-10(9-12)11(13)15-16/h2-8H2,1H3,(H2,13,15). The average Bonchev–Trinajstić information content (AvgIpc) is 2.64. The van der Waals surface area contributed by atoms with Crippen molar-refractivity contribution in [1.82, 2.24) is 15.0 Å². The largest absolute Gasteiger partial charge is 0.380 e.